The molecule has 4 nitrogen and oxygen atoms in total. The molecule has 0 bridgehead atoms. The average Bonchev–Trinajstić information content (AvgIpc) is 3.02. The van der Waals surface area contributed by atoms with Crippen molar-refractivity contribution in [3.8, 4) is 0 Å². The molecule has 2 aromatic rings. The number of amides is 1. The number of likely N-dealkylation sites (tertiary alicyclic amines) is 1. The number of benzene rings is 2. The van der Waals surface area contributed by atoms with Gasteiger partial charge in [-0.05, 0) is 43.9 Å². The van der Waals surface area contributed by atoms with E-state index in [0.717, 1.165) is 24.2 Å². The first kappa shape index (κ1) is 18.9. The Bertz CT molecular complexity index is 849. The summed E-state index contributed by atoms with van der Waals surface area (Å²) in [6, 6.07) is 21.1. The molecule has 4 rings (SSSR count). The number of nitrogens with zero attached hydrogens (tertiary/aromatic N) is 3. The Kier molecular flexibility index (Phi) is 5.31. The maximum Gasteiger partial charge on any atom is 0.252 e. The molecule has 146 valence electrons. The standard InChI is InChI=1S/C24H29N3O/c1-17-16-26(3)18(2)14-22(17)27-24(28)21(15-19-10-6-4-7-11-19)23(25-27)20-12-8-5-9-13-20/h4-13,17-18,21-22H,14-16H2,1-3H3. The highest BCUT2D eigenvalue weighted by Gasteiger charge is 2.43. The lowest BCUT2D eigenvalue weighted by Gasteiger charge is -2.42. The third-order valence-corrected chi connectivity index (χ3v) is 6.30. The Morgan fingerprint density at radius 3 is 2.32 bits per heavy atom. The Morgan fingerprint density at radius 2 is 1.64 bits per heavy atom. The van der Waals surface area contributed by atoms with Gasteiger partial charge in [-0.2, -0.15) is 5.10 Å². The summed E-state index contributed by atoms with van der Waals surface area (Å²) < 4.78 is 0. The summed E-state index contributed by atoms with van der Waals surface area (Å²) in [5.74, 6) is 0.338. The summed E-state index contributed by atoms with van der Waals surface area (Å²) in [5.41, 5.74) is 3.14. The van der Waals surface area contributed by atoms with Crippen LogP contribution in [0.1, 0.15) is 31.4 Å². The van der Waals surface area contributed by atoms with Crippen molar-refractivity contribution in [2.75, 3.05) is 13.6 Å². The van der Waals surface area contributed by atoms with Gasteiger partial charge in [0.1, 0.15) is 0 Å². The Balaban J connectivity index is 1.67. The van der Waals surface area contributed by atoms with Gasteiger partial charge in [-0.1, -0.05) is 67.6 Å². The SMILES string of the molecule is CC1CN(C)C(C)CC1N1N=C(c2ccccc2)C(Cc2ccccc2)C1=O. The molecule has 0 N–H and O–H groups in total. The number of carbonyl (C=O) groups is 1. The van der Waals surface area contributed by atoms with Crippen molar-refractivity contribution < 1.29 is 4.79 Å². The van der Waals surface area contributed by atoms with Crippen LogP contribution in [-0.4, -0.2) is 47.2 Å². The monoisotopic (exact) mass is 375 g/mol. The molecule has 0 aliphatic carbocycles. The lowest BCUT2D eigenvalue weighted by Crippen LogP contribution is -2.52. The molecule has 1 saturated heterocycles. The number of hydrogen-bond acceptors (Lipinski definition) is 3. The summed E-state index contributed by atoms with van der Waals surface area (Å²) in [7, 11) is 2.17. The van der Waals surface area contributed by atoms with Crippen LogP contribution in [0.3, 0.4) is 0 Å². The van der Waals surface area contributed by atoms with E-state index in [1.807, 2.05) is 41.4 Å². The second-order valence-electron chi connectivity index (χ2n) is 8.35. The first-order valence-corrected chi connectivity index (χ1v) is 10.3. The predicted octanol–water partition coefficient (Wildman–Crippen LogP) is 3.82. The van der Waals surface area contributed by atoms with Crippen molar-refractivity contribution in [3.05, 3.63) is 71.8 Å². The highest BCUT2D eigenvalue weighted by atomic mass is 16.2. The van der Waals surface area contributed by atoms with E-state index in [9.17, 15) is 4.79 Å². The van der Waals surface area contributed by atoms with Gasteiger partial charge in [0, 0.05) is 12.6 Å². The van der Waals surface area contributed by atoms with E-state index in [1.54, 1.807) is 0 Å². The molecule has 2 aliphatic rings. The minimum absolute atomic E-state index is 0.149. The van der Waals surface area contributed by atoms with E-state index in [4.69, 9.17) is 5.10 Å². The molecule has 0 saturated carbocycles. The first-order chi connectivity index (χ1) is 13.5. The van der Waals surface area contributed by atoms with E-state index < -0.39 is 0 Å². The molecule has 1 amide bonds. The van der Waals surface area contributed by atoms with Crippen LogP contribution in [0.5, 0.6) is 0 Å². The van der Waals surface area contributed by atoms with Crippen molar-refractivity contribution in [1.29, 1.82) is 0 Å². The Morgan fingerprint density at radius 1 is 1.00 bits per heavy atom. The van der Waals surface area contributed by atoms with E-state index >= 15 is 0 Å². The third kappa shape index (κ3) is 3.61. The van der Waals surface area contributed by atoms with Gasteiger partial charge in [-0.3, -0.25) is 4.79 Å². The quantitative estimate of drug-likeness (QED) is 0.814. The smallest absolute Gasteiger partial charge is 0.252 e. The summed E-state index contributed by atoms with van der Waals surface area (Å²) in [5, 5.41) is 6.76. The zero-order chi connectivity index (χ0) is 19.7. The van der Waals surface area contributed by atoms with E-state index in [2.05, 4.69) is 50.1 Å². The van der Waals surface area contributed by atoms with Gasteiger partial charge in [0.25, 0.3) is 5.91 Å². The predicted molar refractivity (Wildman–Crippen MR) is 113 cm³/mol. The fraction of sp³-hybridized carbons (Fsp3) is 0.417. The minimum Gasteiger partial charge on any atom is -0.303 e. The number of rotatable bonds is 4. The van der Waals surface area contributed by atoms with Crippen molar-refractivity contribution in [1.82, 2.24) is 9.91 Å². The van der Waals surface area contributed by atoms with Crippen molar-refractivity contribution in [3.63, 3.8) is 0 Å². The van der Waals surface area contributed by atoms with Gasteiger partial charge in [0.2, 0.25) is 0 Å². The number of carbonyl (C=O) groups excluding carboxylic acids is 1. The van der Waals surface area contributed by atoms with Crippen LogP contribution in [0.15, 0.2) is 65.8 Å². The van der Waals surface area contributed by atoms with Gasteiger partial charge >= 0.3 is 0 Å². The maximum absolute atomic E-state index is 13.5. The summed E-state index contributed by atoms with van der Waals surface area (Å²) in [6.45, 7) is 5.47. The van der Waals surface area contributed by atoms with Crippen molar-refractivity contribution >= 4 is 11.6 Å². The molecule has 0 radical (unpaired) electrons. The molecule has 4 atom stereocenters. The van der Waals surface area contributed by atoms with Crippen LogP contribution >= 0.6 is 0 Å². The normalized spacial score (nSPS) is 28.5. The molecule has 1 fully saturated rings. The van der Waals surface area contributed by atoms with E-state index in [1.165, 1.54) is 5.56 Å². The zero-order valence-corrected chi connectivity index (χ0v) is 17.0. The fourth-order valence-corrected chi connectivity index (χ4v) is 4.51. The molecule has 2 heterocycles. The molecular formula is C24H29N3O. The average molecular weight is 376 g/mol. The van der Waals surface area contributed by atoms with E-state index in [0.29, 0.717) is 18.4 Å². The molecule has 28 heavy (non-hydrogen) atoms. The van der Waals surface area contributed by atoms with Gasteiger partial charge in [0.15, 0.2) is 0 Å². The van der Waals surface area contributed by atoms with Crippen LogP contribution in [0.2, 0.25) is 0 Å². The van der Waals surface area contributed by atoms with Crippen molar-refractivity contribution in [2.45, 2.75) is 38.8 Å². The highest BCUT2D eigenvalue weighted by Crippen LogP contribution is 2.32. The van der Waals surface area contributed by atoms with Crippen LogP contribution < -0.4 is 0 Å². The number of piperidine rings is 1. The van der Waals surface area contributed by atoms with E-state index in [-0.39, 0.29) is 17.9 Å². The van der Waals surface area contributed by atoms with Crippen LogP contribution in [0.25, 0.3) is 0 Å². The minimum atomic E-state index is -0.216. The number of hydrogen-bond donors (Lipinski definition) is 0. The summed E-state index contributed by atoms with van der Waals surface area (Å²) in [6.07, 6.45) is 1.66. The Hall–Kier alpha value is -2.46. The van der Waals surface area contributed by atoms with Gasteiger partial charge < -0.3 is 4.90 Å². The van der Waals surface area contributed by atoms with Gasteiger partial charge in [0.05, 0.1) is 17.7 Å². The molecule has 0 aromatic heterocycles. The van der Waals surface area contributed by atoms with Crippen LogP contribution in [0.4, 0.5) is 0 Å². The molecular weight excluding hydrogens is 346 g/mol. The second kappa shape index (κ2) is 7.88. The third-order valence-electron chi connectivity index (χ3n) is 6.30. The summed E-state index contributed by atoms with van der Waals surface area (Å²) >= 11 is 0. The fourth-order valence-electron chi connectivity index (χ4n) is 4.51. The maximum atomic E-state index is 13.5. The van der Waals surface area contributed by atoms with Crippen molar-refractivity contribution in [2.24, 2.45) is 16.9 Å². The number of hydrazone groups is 1. The highest BCUT2D eigenvalue weighted by molar-refractivity contribution is 6.16. The lowest BCUT2D eigenvalue weighted by molar-refractivity contribution is -0.136. The second-order valence-corrected chi connectivity index (χ2v) is 8.35. The Labute approximate surface area is 167 Å². The molecule has 2 aliphatic heterocycles. The molecule has 4 unspecified atom stereocenters. The van der Waals surface area contributed by atoms with Crippen LogP contribution in [0, 0.1) is 11.8 Å². The zero-order valence-electron chi connectivity index (χ0n) is 17.0. The molecule has 2 aromatic carbocycles. The summed E-state index contributed by atoms with van der Waals surface area (Å²) in [4.78, 5) is 15.9. The topological polar surface area (TPSA) is 35.9 Å². The molecule has 0 spiro atoms. The largest absolute Gasteiger partial charge is 0.303 e. The lowest BCUT2D eigenvalue weighted by atomic mass is 9.87. The van der Waals surface area contributed by atoms with Gasteiger partial charge in [-0.25, -0.2) is 5.01 Å². The van der Waals surface area contributed by atoms with Crippen LogP contribution in [-0.2, 0) is 11.2 Å². The van der Waals surface area contributed by atoms with Gasteiger partial charge in [-0.15, -0.1) is 0 Å². The molecule has 4 heteroatoms. The first-order valence-electron chi connectivity index (χ1n) is 10.3.